The highest BCUT2D eigenvalue weighted by molar-refractivity contribution is 6.18. The fraction of sp³-hybridized carbons (Fsp3) is 1.00. The molecule has 0 rings (SSSR count). The summed E-state index contributed by atoms with van der Waals surface area (Å²) < 4.78 is 39.5. The van der Waals surface area contributed by atoms with Gasteiger partial charge in [0.2, 0.25) is 0 Å². The van der Waals surface area contributed by atoms with Crippen molar-refractivity contribution in [1.29, 1.82) is 0 Å². The average molecular weight is 248 g/mol. The molecule has 1 atom stereocenters. The second kappa shape index (κ2) is 6.55. The molecule has 0 aliphatic heterocycles. The Labute approximate surface area is 93.1 Å². The molecular weight excluding hydrogens is 231 g/mol. The van der Waals surface area contributed by atoms with Crippen LogP contribution in [0.25, 0.3) is 0 Å². The lowest BCUT2D eigenvalue weighted by Crippen LogP contribution is -2.45. The fourth-order valence-corrected chi connectivity index (χ4v) is 1.16. The molecule has 0 saturated carbocycles. The Kier molecular flexibility index (Phi) is 6.55. The number of nitrogens with one attached hydrogen (secondary N) is 1. The quantitative estimate of drug-likeness (QED) is 0.552. The summed E-state index contributed by atoms with van der Waals surface area (Å²) in [6, 6.07) is 0. The molecule has 0 aromatic rings. The molecular formula is C9H17ClF3NO. The Balaban J connectivity index is 3.54. The van der Waals surface area contributed by atoms with E-state index >= 15 is 0 Å². The lowest BCUT2D eigenvalue weighted by molar-refractivity contribution is -0.173. The van der Waals surface area contributed by atoms with Crippen molar-refractivity contribution in [2.45, 2.75) is 32.0 Å². The zero-order valence-corrected chi connectivity index (χ0v) is 9.71. The van der Waals surface area contributed by atoms with Gasteiger partial charge in [-0.15, -0.1) is 11.6 Å². The maximum atomic E-state index is 11.7. The summed E-state index contributed by atoms with van der Waals surface area (Å²) in [6.45, 7) is 3.09. The highest BCUT2D eigenvalue weighted by Crippen LogP contribution is 2.14. The van der Waals surface area contributed by atoms with E-state index in [2.05, 4.69) is 10.1 Å². The van der Waals surface area contributed by atoms with Gasteiger partial charge in [0.05, 0.1) is 6.61 Å². The summed E-state index contributed by atoms with van der Waals surface area (Å²) in [4.78, 5) is 0. The molecule has 0 spiro atoms. The van der Waals surface area contributed by atoms with Crippen molar-refractivity contribution in [3.8, 4) is 0 Å². The van der Waals surface area contributed by atoms with Crippen LogP contribution in [0.2, 0.25) is 0 Å². The van der Waals surface area contributed by atoms with Crippen LogP contribution < -0.4 is 5.32 Å². The first-order valence-corrected chi connectivity index (χ1v) is 5.32. The molecule has 92 valence electrons. The monoisotopic (exact) mass is 247 g/mol. The third-order valence-electron chi connectivity index (χ3n) is 2.14. The van der Waals surface area contributed by atoms with Crippen molar-refractivity contribution >= 4 is 11.6 Å². The van der Waals surface area contributed by atoms with E-state index in [1.807, 2.05) is 13.8 Å². The van der Waals surface area contributed by atoms with Gasteiger partial charge in [-0.05, 0) is 13.3 Å². The molecule has 15 heavy (non-hydrogen) atoms. The number of rotatable bonds is 7. The summed E-state index contributed by atoms with van der Waals surface area (Å²) in [5, 5.41) is 3.06. The molecule has 0 saturated heterocycles. The Morgan fingerprint density at radius 3 is 2.33 bits per heavy atom. The highest BCUT2D eigenvalue weighted by atomic mass is 35.5. The molecule has 0 heterocycles. The smallest absolute Gasteiger partial charge is 0.371 e. The summed E-state index contributed by atoms with van der Waals surface area (Å²) >= 11 is 5.71. The van der Waals surface area contributed by atoms with E-state index in [4.69, 9.17) is 11.6 Å². The zero-order chi connectivity index (χ0) is 11.9. The summed E-state index contributed by atoms with van der Waals surface area (Å²) in [5.74, 6) is 0.419. The number of hydrogen-bond acceptors (Lipinski definition) is 2. The SMILES string of the molecule is CCC(C)(CCl)NCCOCC(F)(F)F. The molecule has 0 amide bonds. The van der Waals surface area contributed by atoms with Crippen molar-refractivity contribution in [3.05, 3.63) is 0 Å². The minimum Gasteiger partial charge on any atom is -0.371 e. The third-order valence-corrected chi connectivity index (χ3v) is 2.73. The van der Waals surface area contributed by atoms with Crippen LogP contribution in [0.1, 0.15) is 20.3 Å². The topological polar surface area (TPSA) is 21.3 Å². The van der Waals surface area contributed by atoms with Gasteiger partial charge in [-0.25, -0.2) is 0 Å². The molecule has 1 unspecified atom stereocenters. The molecule has 0 bridgehead atoms. The largest absolute Gasteiger partial charge is 0.411 e. The third kappa shape index (κ3) is 7.88. The molecule has 1 N–H and O–H groups in total. The summed E-state index contributed by atoms with van der Waals surface area (Å²) in [6.07, 6.45) is -3.43. The van der Waals surface area contributed by atoms with E-state index in [0.29, 0.717) is 12.4 Å². The lowest BCUT2D eigenvalue weighted by atomic mass is 10.0. The normalized spacial score (nSPS) is 16.4. The Bertz CT molecular complexity index is 171. The number of alkyl halides is 4. The van der Waals surface area contributed by atoms with Crippen LogP contribution in [-0.4, -0.2) is 37.4 Å². The first-order valence-electron chi connectivity index (χ1n) is 4.78. The van der Waals surface area contributed by atoms with E-state index < -0.39 is 12.8 Å². The maximum Gasteiger partial charge on any atom is 0.411 e. The van der Waals surface area contributed by atoms with Crippen molar-refractivity contribution in [2.24, 2.45) is 0 Å². The fourth-order valence-electron chi connectivity index (χ4n) is 0.880. The van der Waals surface area contributed by atoms with Gasteiger partial charge in [-0.3, -0.25) is 0 Å². The van der Waals surface area contributed by atoms with Crippen LogP contribution in [0.3, 0.4) is 0 Å². The molecule has 6 heteroatoms. The predicted molar refractivity (Wildman–Crippen MR) is 54.3 cm³/mol. The zero-order valence-electron chi connectivity index (χ0n) is 8.96. The minimum atomic E-state index is -4.25. The van der Waals surface area contributed by atoms with Gasteiger partial charge >= 0.3 is 6.18 Å². The maximum absolute atomic E-state index is 11.7. The van der Waals surface area contributed by atoms with E-state index in [-0.39, 0.29) is 12.1 Å². The summed E-state index contributed by atoms with van der Waals surface area (Å²) in [7, 11) is 0. The van der Waals surface area contributed by atoms with Gasteiger partial charge in [0, 0.05) is 18.0 Å². The van der Waals surface area contributed by atoms with E-state index in [9.17, 15) is 13.2 Å². The van der Waals surface area contributed by atoms with Crippen LogP contribution in [0, 0.1) is 0 Å². The second-order valence-corrected chi connectivity index (χ2v) is 3.91. The molecule has 0 aromatic carbocycles. The Morgan fingerprint density at radius 1 is 1.33 bits per heavy atom. The number of ether oxygens (including phenoxy) is 1. The van der Waals surface area contributed by atoms with Crippen LogP contribution in [0.5, 0.6) is 0 Å². The van der Waals surface area contributed by atoms with Gasteiger partial charge in [0.1, 0.15) is 6.61 Å². The first kappa shape index (κ1) is 15.0. The minimum absolute atomic E-state index is 0.0337. The van der Waals surface area contributed by atoms with Crippen molar-refractivity contribution in [3.63, 3.8) is 0 Å². The molecule has 0 fully saturated rings. The standard InChI is InChI=1S/C9H17ClF3NO/c1-3-8(2,6-10)14-4-5-15-7-9(11,12)13/h14H,3-7H2,1-2H3. The van der Waals surface area contributed by atoms with Gasteiger partial charge in [-0.1, -0.05) is 6.92 Å². The van der Waals surface area contributed by atoms with Crippen molar-refractivity contribution in [2.75, 3.05) is 25.6 Å². The molecule has 0 aromatic heterocycles. The van der Waals surface area contributed by atoms with Crippen LogP contribution in [0.4, 0.5) is 13.2 Å². The van der Waals surface area contributed by atoms with E-state index in [1.54, 1.807) is 0 Å². The number of hydrogen-bond donors (Lipinski definition) is 1. The van der Waals surface area contributed by atoms with Crippen molar-refractivity contribution < 1.29 is 17.9 Å². The first-order chi connectivity index (χ1) is 6.83. The van der Waals surface area contributed by atoms with Crippen LogP contribution in [0.15, 0.2) is 0 Å². The van der Waals surface area contributed by atoms with Crippen LogP contribution >= 0.6 is 11.6 Å². The lowest BCUT2D eigenvalue weighted by Gasteiger charge is -2.27. The van der Waals surface area contributed by atoms with Crippen molar-refractivity contribution in [1.82, 2.24) is 5.32 Å². The van der Waals surface area contributed by atoms with Gasteiger partial charge in [0.15, 0.2) is 0 Å². The molecule has 0 aliphatic rings. The summed E-state index contributed by atoms with van der Waals surface area (Å²) in [5.41, 5.74) is -0.233. The number of halogens is 4. The predicted octanol–water partition coefficient (Wildman–Crippen LogP) is 2.56. The van der Waals surface area contributed by atoms with E-state index in [0.717, 1.165) is 6.42 Å². The molecule has 2 nitrogen and oxygen atoms in total. The van der Waals surface area contributed by atoms with Crippen LogP contribution in [-0.2, 0) is 4.74 Å². The molecule has 0 radical (unpaired) electrons. The van der Waals surface area contributed by atoms with Gasteiger partial charge in [0.25, 0.3) is 0 Å². The van der Waals surface area contributed by atoms with E-state index in [1.165, 1.54) is 0 Å². The Morgan fingerprint density at radius 2 is 1.93 bits per heavy atom. The average Bonchev–Trinajstić information content (AvgIpc) is 2.15. The second-order valence-electron chi connectivity index (χ2n) is 3.64. The Hall–Kier alpha value is -0.0000000000000000555. The highest BCUT2D eigenvalue weighted by Gasteiger charge is 2.27. The van der Waals surface area contributed by atoms with Gasteiger partial charge in [-0.2, -0.15) is 13.2 Å². The molecule has 0 aliphatic carbocycles. The van der Waals surface area contributed by atoms with Gasteiger partial charge < -0.3 is 10.1 Å².